The monoisotopic (exact) mass is 500 g/mol. The number of carboxylic acids is 1. The first-order valence-electron chi connectivity index (χ1n) is 13.3. The van der Waals surface area contributed by atoms with Crippen molar-refractivity contribution in [1.29, 1.82) is 0 Å². The number of aliphatic carboxylic acids is 1. The van der Waals surface area contributed by atoms with Gasteiger partial charge in [-0.1, -0.05) is 98.8 Å². The lowest BCUT2D eigenvalue weighted by Crippen LogP contribution is -2.44. The number of carbonyl (C=O) groups excluding carboxylic acids is 1. The van der Waals surface area contributed by atoms with Gasteiger partial charge in [0, 0.05) is 5.41 Å². The van der Waals surface area contributed by atoms with Crippen LogP contribution in [0.2, 0.25) is 0 Å². The molecule has 3 aromatic rings. The van der Waals surface area contributed by atoms with Gasteiger partial charge in [-0.3, -0.25) is 0 Å². The Kier molecular flexibility index (Phi) is 8.48. The van der Waals surface area contributed by atoms with Gasteiger partial charge in [-0.2, -0.15) is 0 Å². The molecule has 4 rings (SSSR count). The van der Waals surface area contributed by atoms with Crippen LogP contribution in [0.3, 0.4) is 0 Å². The van der Waals surface area contributed by atoms with Crippen molar-refractivity contribution >= 4 is 5.97 Å². The Labute approximate surface area is 220 Å². The van der Waals surface area contributed by atoms with E-state index in [1.807, 2.05) is 72.8 Å². The molecule has 1 fully saturated rings. The summed E-state index contributed by atoms with van der Waals surface area (Å²) in [6, 6.07) is 27.1. The third kappa shape index (κ3) is 5.96. The molecule has 3 aromatic carbocycles. The maximum atomic E-state index is 12.1. The molecule has 0 radical (unpaired) electrons. The van der Waals surface area contributed by atoms with E-state index < -0.39 is 23.1 Å². The van der Waals surface area contributed by atoms with Crippen LogP contribution in [0, 0.1) is 5.92 Å². The second-order valence-corrected chi connectivity index (χ2v) is 10.8. The third-order valence-corrected chi connectivity index (χ3v) is 8.09. The molecular weight excluding hydrogens is 462 g/mol. The van der Waals surface area contributed by atoms with E-state index in [-0.39, 0.29) is 5.92 Å². The molecule has 5 nitrogen and oxygen atoms in total. The number of likely N-dealkylation sites (tertiary alicyclic amines) is 1. The number of rotatable bonds is 10. The second kappa shape index (κ2) is 11.6. The molecule has 1 aliphatic heterocycles. The van der Waals surface area contributed by atoms with Crippen LogP contribution in [-0.4, -0.2) is 40.7 Å². The van der Waals surface area contributed by atoms with Crippen molar-refractivity contribution in [2.45, 2.75) is 56.7 Å². The molecule has 1 aliphatic rings. The van der Waals surface area contributed by atoms with Crippen LogP contribution in [0.15, 0.2) is 84.9 Å². The highest BCUT2D eigenvalue weighted by Gasteiger charge is 2.41. The summed E-state index contributed by atoms with van der Waals surface area (Å²) in [5.74, 6) is -0.988. The van der Waals surface area contributed by atoms with E-state index in [1.54, 1.807) is 26.0 Å². The molecule has 0 aromatic heterocycles. The Balaban J connectivity index is 1.31. The van der Waals surface area contributed by atoms with Gasteiger partial charge in [0.2, 0.25) is 0 Å². The SMILES string of the molecule is CC(C)(C(=O)[O-])c1ccc(C(O)CCCN2CCC(C(O)(c3ccccc3)c3ccccc3)CC2)cc1. The minimum absolute atomic E-state index is 0.128. The minimum Gasteiger partial charge on any atom is -0.549 e. The maximum Gasteiger partial charge on any atom is 0.117 e. The minimum atomic E-state index is -1.12. The molecule has 1 atom stereocenters. The fourth-order valence-corrected chi connectivity index (χ4v) is 5.51. The molecule has 2 N–H and O–H groups in total. The summed E-state index contributed by atoms with van der Waals surface area (Å²) in [6.45, 7) is 5.97. The number of benzene rings is 3. The van der Waals surface area contributed by atoms with Crippen LogP contribution in [0.5, 0.6) is 0 Å². The Morgan fingerprint density at radius 1 is 0.892 bits per heavy atom. The predicted octanol–water partition coefficient (Wildman–Crippen LogP) is 4.18. The molecule has 196 valence electrons. The van der Waals surface area contributed by atoms with Gasteiger partial charge in [0.15, 0.2) is 0 Å². The van der Waals surface area contributed by atoms with Crippen molar-refractivity contribution in [3.05, 3.63) is 107 Å². The number of nitrogens with zero attached hydrogens (tertiary/aromatic N) is 1. The number of carboxylic acid groups (broad SMARTS) is 1. The quantitative estimate of drug-likeness (QED) is 0.436. The highest BCUT2D eigenvalue weighted by atomic mass is 16.4. The van der Waals surface area contributed by atoms with Crippen molar-refractivity contribution in [3.8, 4) is 0 Å². The summed E-state index contributed by atoms with van der Waals surface area (Å²) in [7, 11) is 0. The van der Waals surface area contributed by atoms with Crippen molar-refractivity contribution in [2.75, 3.05) is 19.6 Å². The zero-order chi connectivity index (χ0) is 26.5. The molecule has 0 aliphatic carbocycles. The van der Waals surface area contributed by atoms with E-state index in [2.05, 4.69) is 4.90 Å². The van der Waals surface area contributed by atoms with Crippen LogP contribution in [0.4, 0.5) is 0 Å². The summed E-state index contributed by atoms with van der Waals surface area (Å²) in [4.78, 5) is 13.8. The van der Waals surface area contributed by atoms with Gasteiger partial charge in [0.05, 0.1) is 12.1 Å². The van der Waals surface area contributed by atoms with Crippen LogP contribution in [0.25, 0.3) is 0 Å². The van der Waals surface area contributed by atoms with E-state index in [0.29, 0.717) is 12.0 Å². The molecule has 5 heteroatoms. The summed E-state index contributed by atoms with van der Waals surface area (Å²) < 4.78 is 0. The first-order chi connectivity index (χ1) is 17.7. The van der Waals surface area contributed by atoms with E-state index >= 15 is 0 Å². The van der Waals surface area contributed by atoms with E-state index in [0.717, 1.165) is 55.6 Å². The number of piperidine rings is 1. The van der Waals surface area contributed by atoms with Crippen molar-refractivity contribution in [2.24, 2.45) is 5.92 Å². The fourth-order valence-electron chi connectivity index (χ4n) is 5.51. The molecule has 1 heterocycles. The van der Waals surface area contributed by atoms with Gasteiger partial charge < -0.3 is 25.0 Å². The zero-order valence-corrected chi connectivity index (χ0v) is 21.8. The van der Waals surface area contributed by atoms with Crippen molar-refractivity contribution in [1.82, 2.24) is 4.90 Å². The maximum absolute atomic E-state index is 12.1. The van der Waals surface area contributed by atoms with Crippen molar-refractivity contribution < 1.29 is 20.1 Å². The summed E-state index contributed by atoms with van der Waals surface area (Å²) in [5, 5.41) is 34.1. The largest absolute Gasteiger partial charge is 0.549 e. The smallest absolute Gasteiger partial charge is 0.117 e. The lowest BCUT2D eigenvalue weighted by Gasteiger charge is -2.42. The molecule has 1 saturated heterocycles. The predicted molar refractivity (Wildman–Crippen MR) is 144 cm³/mol. The normalized spacial score (nSPS) is 16.4. The van der Waals surface area contributed by atoms with Gasteiger partial charge in [0.25, 0.3) is 0 Å². The molecular formula is C32H38NO4-. The Morgan fingerprint density at radius 3 is 1.89 bits per heavy atom. The Bertz CT molecular complexity index is 1100. The van der Waals surface area contributed by atoms with E-state index in [1.165, 1.54) is 0 Å². The first kappa shape index (κ1) is 27.1. The average molecular weight is 501 g/mol. The second-order valence-electron chi connectivity index (χ2n) is 10.8. The number of hydrogen-bond donors (Lipinski definition) is 2. The lowest BCUT2D eigenvalue weighted by molar-refractivity contribution is -0.312. The molecule has 37 heavy (non-hydrogen) atoms. The summed E-state index contributed by atoms with van der Waals surface area (Å²) in [6.07, 6.45) is 2.72. The number of aliphatic hydroxyl groups is 2. The molecule has 0 saturated carbocycles. The van der Waals surface area contributed by atoms with Crippen molar-refractivity contribution in [3.63, 3.8) is 0 Å². The van der Waals surface area contributed by atoms with Gasteiger partial charge in [0.1, 0.15) is 5.60 Å². The highest BCUT2D eigenvalue weighted by Crippen LogP contribution is 2.42. The average Bonchev–Trinajstić information content (AvgIpc) is 2.94. The highest BCUT2D eigenvalue weighted by molar-refractivity contribution is 5.78. The number of carbonyl (C=O) groups is 1. The van der Waals surface area contributed by atoms with Crippen LogP contribution < -0.4 is 5.11 Å². The summed E-state index contributed by atoms with van der Waals surface area (Å²) in [5.41, 5.74) is 1.27. The standard InChI is InChI=1S/C32H39NO4/c1-31(2,30(35)36)25-17-15-24(16-18-25)29(34)14-9-21-33-22-19-28(20-23-33)32(37,26-10-5-3-6-11-26)27-12-7-4-8-13-27/h3-8,10-13,15-18,28-29,34,37H,9,14,19-23H2,1-2H3,(H,35,36)/p-1. The molecule has 1 unspecified atom stereocenters. The molecule has 0 bridgehead atoms. The Morgan fingerprint density at radius 2 is 1.41 bits per heavy atom. The molecule has 0 amide bonds. The van der Waals surface area contributed by atoms with Gasteiger partial charge >= 0.3 is 0 Å². The molecule has 0 spiro atoms. The van der Waals surface area contributed by atoms with E-state index in [9.17, 15) is 20.1 Å². The zero-order valence-electron chi connectivity index (χ0n) is 21.8. The number of aliphatic hydroxyl groups excluding tert-OH is 1. The van der Waals surface area contributed by atoms with E-state index in [4.69, 9.17) is 0 Å². The third-order valence-electron chi connectivity index (χ3n) is 8.09. The Hall–Kier alpha value is -2.99. The van der Waals surface area contributed by atoms with Crippen LogP contribution >= 0.6 is 0 Å². The lowest BCUT2D eigenvalue weighted by atomic mass is 9.72. The summed E-state index contributed by atoms with van der Waals surface area (Å²) >= 11 is 0. The first-order valence-corrected chi connectivity index (χ1v) is 13.3. The topological polar surface area (TPSA) is 83.8 Å². The van der Waals surface area contributed by atoms with Gasteiger partial charge in [-0.05, 0) is 73.5 Å². The van der Waals surface area contributed by atoms with Gasteiger partial charge in [-0.15, -0.1) is 0 Å². The number of hydrogen-bond acceptors (Lipinski definition) is 5. The fraction of sp³-hybridized carbons (Fsp3) is 0.406. The van der Waals surface area contributed by atoms with Crippen LogP contribution in [-0.2, 0) is 15.8 Å². The van der Waals surface area contributed by atoms with Gasteiger partial charge in [-0.25, -0.2) is 0 Å². The van der Waals surface area contributed by atoms with Crippen LogP contribution in [0.1, 0.15) is 67.9 Å².